The summed E-state index contributed by atoms with van der Waals surface area (Å²) in [5, 5.41) is 4.18. The van der Waals surface area contributed by atoms with Crippen molar-refractivity contribution >= 4 is 0 Å². The van der Waals surface area contributed by atoms with Crippen LogP contribution in [0.15, 0.2) is 4.52 Å². The number of rotatable bonds is 6. The molecule has 2 rings (SSSR count). The molecule has 1 heterocycles. The van der Waals surface area contributed by atoms with E-state index in [0.717, 1.165) is 38.5 Å². The number of nitrogens with two attached hydrogens (primary N) is 1. The Kier molecular flexibility index (Phi) is 5.54. The van der Waals surface area contributed by atoms with Crippen molar-refractivity contribution in [3.8, 4) is 0 Å². The van der Waals surface area contributed by atoms with Crippen LogP contribution in [-0.2, 0) is 10.3 Å². The van der Waals surface area contributed by atoms with E-state index >= 15 is 0 Å². The number of hydrogen-bond acceptors (Lipinski definition) is 5. The van der Waals surface area contributed by atoms with Gasteiger partial charge in [0.2, 0.25) is 11.7 Å². The second-order valence-corrected chi connectivity index (χ2v) is 5.69. The van der Waals surface area contributed by atoms with E-state index in [0.29, 0.717) is 18.3 Å². The van der Waals surface area contributed by atoms with Gasteiger partial charge in [-0.15, -0.1) is 0 Å². The predicted octanol–water partition coefficient (Wildman–Crippen LogP) is 3.46. The maximum Gasteiger partial charge on any atom is 0.243 e. The number of ether oxygens (including phenoxy) is 1. The summed E-state index contributed by atoms with van der Waals surface area (Å²) in [7, 11) is 0. The molecular weight excluding hydrogens is 254 g/mol. The van der Waals surface area contributed by atoms with Crippen LogP contribution in [0.25, 0.3) is 0 Å². The van der Waals surface area contributed by atoms with E-state index in [1.54, 1.807) is 0 Å². The van der Waals surface area contributed by atoms with Gasteiger partial charge in [0.05, 0.1) is 6.04 Å². The van der Waals surface area contributed by atoms with E-state index < -0.39 is 0 Å². The van der Waals surface area contributed by atoms with Gasteiger partial charge in [-0.1, -0.05) is 44.2 Å². The Hall–Kier alpha value is -0.940. The Labute approximate surface area is 121 Å². The van der Waals surface area contributed by atoms with Crippen molar-refractivity contribution in [2.45, 2.75) is 76.9 Å². The molecule has 1 aliphatic rings. The van der Waals surface area contributed by atoms with Gasteiger partial charge in [-0.25, -0.2) is 0 Å². The smallest absolute Gasteiger partial charge is 0.243 e. The van der Waals surface area contributed by atoms with Gasteiger partial charge in [-0.3, -0.25) is 0 Å². The molecule has 0 radical (unpaired) electrons. The van der Waals surface area contributed by atoms with Gasteiger partial charge in [0.1, 0.15) is 5.60 Å². The van der Waals surface area contributed by atoms with E-state index in [-0.39, 0.29) is 11.6 Å². The summed E-state index contributed by atoms with van der Waals surface area (Å²) in [6, 6.07) is -0.161. The van der Waals surface area contributed by atoms with Crippen molar-refractivity contribution in [1.82, 2.24) is 10.1 Å². The van der Waals surface area contributed by atoms with E-state index in [2.05, 4.69) is 17.1 Å². The summed E-state index contributed by atoms with van der Waals surface area (Å²) in [4.78, 5) is 4.56. The van der Waals surface area contributed by atoms with Crippen molar-refractivity contribution in [1.29, 1.82) is 0 Å². The molecule has 0 aromatic carbocycles. The SMILES string of the molecule is CCC[C@H](N)c1nc(C2(OCC)CCCCCC2)no1. The lowest BCUT2D eigenvalue weighted by atomic mass is 9.93. The van der Waals surface area contributed by atoms with E-state index in [1.165, 1.54) is 12.8 Å². The lowest BCUT2D eigenvalue weighted by molar-refractivity contribution is -0.0636. The summed E-state index contributed by atoms with van der Waals surface area (Å²) in [6.07, 6.45) is 8.66. The molecule has 0 saturated heterocycles. The van der Waals surface area contributed by atoms with Crippen molar-refractivity contribution < 1.29 is 9.26 Å². The van der Waals surface area contributed by atoms with Crippen molar-refractivity contribution in [3.63, 3.8) is 0 Å². The first-order chi connectivity index (χ1) is 9.72. The van der Waals surface area contributed by atoms with Crippen LogP contribution in [0.3, 0.4) is 0 Å². The molecule has 114 valence electrons. The third-order valence-electron chi connectivity index (χ3n) is 4.10. The van der Waals surface area contributed by atoms with Crippen LogP contribution in [0.5, 0.6) is 0 Å². The van der Waals surface area contributed by atoms with Gasteiger partial charge < -0.3 is 15.0 Å². The zero-order valence-corrected chi connectivity index (χ0v) is 12.7. The topological polar surface area (TPSA) is 74.2 Å². The maximum atomic E-state index is 6.06. The van der Waals surface area contributed by atoms with E-state index in [1.807, 2.05) is 6.92 Å². The molecule has 0 amide bonds. The molecule has 0 aliphatic heterocycles. The van der Waals surface area contributed by atoms with Crippen LogP contribution in [-0.4, -0.2) is 16.7 Å². The largest absolute Gasteiger partial charge is 0.367 e. The standard InChI is InChI=1S/C15H27N3O2/c1-3-9-12(16)13-17-14(18-20-13)15(19-4-2)10-7-5-6-8-11-15/h12H,3-11,16H2,1-2H3/t12-/m0/s1. The lowest BCUT2D eigenvalue weighted by Gasteiger charge is -2.29. The number of nitrogens with zero attached hydrogens (tertiary/aromatic N) is 2. The second kappa shape index (κ2) is 7.18. The Morgan fingerprint density at radius 2 is 1.95 bits per heavy atom. The lowest BCUT2D eigenvalue weighted by Crippen LogP contribution is -2.31. The fourth-order valence-corrected chi connectivity index (χ4v) is 3.01. The molecule has 0 spiro atoms. The number of hydrogen-bond donors (Lipinski definition) is 1. The van der Waals surface area contributed by atoms with Crippen LogP contribution >= 0.6 is 0 Å². The molecule has 1 fully saturated rings. The zero-order valence-electron chi connectivity index (χ0n) is 12.7. The molecule has 1 saturated carbocycles. The average Bonchev–Trinajstić information content (AvgIpc) is 2.82. The molecule has 0 bridgehead atoms. The normalized spacial score (nSPS) is 20.6. The Balaban J connectivity index is 2.20. The predicted molar refractivity (Wildman–Crippen MR) is 77.1 cm³/mol. The monoisotopic (exact) mass is 281 g/mol. The summed E-state index contributed by atoms with van der Waals surface area (Å²) < 4.78 is 11.4. The second-order valence-electron chi connectivity index (χ2n) is 5.69. The molecule has 1 aliphatic carbocycles. The highest BCUT2D eigenvalue weighted by Crippen LogP contribution is 2.38. The first kappa shape index (κ1) is 15.4. The third-order valence-corrected chi connectivity index (χ3v) is 4.10. The third kappa shape index (κ3) is 3.38. The van der Waals surface area contributed by atoms with Gasteiger partial charge in [0.15, 0.2) is 0 Å². The zero-order chi connectivity index (χ0) is 14.4. The summed E-state index contributed by atoms with van der Waals surface area (Å²) >= 11 is 0. The molecule has 20 heavy (non-hydrogen) atoms. The molecule has 1 aromatic heterocycles. The van der Waals surface area contributed by atoms with Crippen LogP contribution in [0.4, 0.5) is 0 Å². The minimum absolute atomic E-state index is 0.161. The Bertz CT molecular complexity index is 398. The first-order valence-corrected chi connectivity index (χ1v) is 7.95. The van der Waals surface area contributed by atoms with Crippen molar-refractivity contribution in [2.75, 3.05) is 6.61 Å². The fourth-order valence-electron chi connectivity index (χ4n) is 3.01. The molecule has 5 heteroatoms. The maximum absolute atomic E-state index is 6.06. The average molecular weight is 281 g/mol. The van der Waals surface area contributed by atoms with Gasteiger partial charge in [-0.05, 0) is 26.2 Å². The van der Waals surface area contributed by atoms with Crippen LogP contribution < -0.4 is 5.73 Å². The molecule has 2 N–H and O–H groups in total. The molecule has 1 aromatic rings. The molecule has 1 atom stereocenters. The van der Waals surface area contributed by atoms with Gasteiger partial charge in [0.25, 0.3) is 0 Å². The van der Waals surface area contributed by atoms with E-state index in [4.69, 9.17) is 15.0 Å². The van der Waals surface area contributed by atoms with Crippen molar-refractivity contribution in [2.24, 2.45) is 5.73 Å². The summed E-state index contributed by atoms with van der Waals surface area (Å²) in [5.41, 5.74) is 5.70. The van der Waals surface area contributed by atoms with Gasteiger partial charge in [0, 0.05) is 6.61 Å². The Morgan fingerprint density at radius 3 is 2.55 bits per heavy atom. The van der Waals surface area contributed by atoms with Crippen LogP contribution in [0.2, 0.25) is 0 Å². The molecule has 0 unspecified atom stereocenters. The summed E-state index contributed by atoms with van der Waals surface area (Å²) in [5.74, 6) is 1.24. The summed E-state index contributed by atoms with van der Waals surface area (Å²) in [6.45, 7) is 4.80. The Morgan fingerprint density at radius 1 is 1.25 bits per heavy atom. The van der Waals surface area contributed by atoms with Crippen LogP contribution in [0, 0.1) is 0 Å². The minimum atomic E-state index is -0.362. The first-order valence-electron chi connectivity index (χ1n) is 7.95. The quantitative estimate of drug-likeness (QED) is 0.808. The fraction of sp³-hybridized carbons (Fsp3) is 0.867. The number of aromatic nitrogens is 2. The highest BCUT2D eigenvalue weighted by atomic mass is 16.5. The minimum Gasteiger partial charge on any atom is -0.367 e. The van der Waals surface area contributed by atoms with E-state index in [9.17, 15) is 0 Å². The van der Waals surface area contributed by atoms with Gasteiger partial charge >= 0.3 is 0 Å². The molecular formula is C15H27N3O2. The highest BCUT2D eigenvalue weighted by Gasteiger charge is 2.38. The highest BCUT2D eigenvalue weighted by molar-refractivity contribution is 5.04. The van der Waals surface area contributed by atoms with Crippen LogP contribution in [0.1, 0.15) is 83.0 Å². The van der Waals surface area contributed by atoms with Crippen molar-refractivity contribution in [3.05, 3.63) is 11.7 Å². The molecule has 5 nitrogen and oxygen atoms in total. The van der Waals surface area contributed by atoms with Gasteiger partial charge in [-0.2, -0.15) is 4.98 Å².